The lowest BCUT2D eigenvalue weighted by atomic mass is 9.74. The summed E-state index contributed by atoms with van der Waals surface area (Å²) in [6.45, 7) is 1.99. The number of primary amides is 1. The topological polar surface area (TPSA) is 127 Å². The van der Waals surface area contributed by atoms with Gasteiger partial charge in [0.05, 0.1) is 12.6 Å². The quantitative estimate of drug-likeness (QED) is 0.602. The fraction of sp³-hybridized carbons (Fsp3) is 0.500. The van der Waals surface area contributed by atoms with Crippen LogP contribution in [-0.2, 0) is 16.1 Å². The van der Waals surface area contributed by atoms with Crippen LogP contribution < -0.4 is 11.2 Å². The molecule has 13 heteroatoms. The highest BCUT2D eigenvalue weighted by atomic mass is 19.1. The van der Waals surface area contributed by atoms with Crippen molar-refractivity contribution in [1.82, 2.24) is 14.5 Å². The molecule has 5 heterocycles. The molecule has 0 radical (unpaired) electrons. The Kier molecular flexibility index (Phi) is 6.01. The van der Waals surface area contributed by atoms with E-state index in [4.69, 9.17) is 15.3 Å². The number of benzene rings is 1. The molecular weight excluding hydrogens is 521 g/mol. The van der Waals surface area contributed by atoms with E-state index in [1.54, 1.807) is 4.90 Å². The molecule has 10 nitrogen and oxygen atoms in total. The van der Waals surface area contributed by atoms with Crippen LogP contribution in [-0.4, -0.2) is 62.5 Å². The molecule has 2 bridgehead atoms. The number of nitrogens with two attached hydrogens (primary N) is 1. The first-order chi connectivity index (χ1) is 18.5. The van der Waals surface area contributed by atoms with E-state index in [1.807, 2.05) is 6.92 Å². The number of hydrogen-bond donors (Lipinski definition) is 2. The number of carbonyl (C=O) groups is 2. The van der Waals surface area contributed by atoms with Crippen molar-refractivity contribution in [3.05, 3.63) is 62.8 Å². The predicted molar refractivity (Wildman–Crippen MR) is 128 cm³/mol. The third kappa shape index (κ3) is 3.78. The summed E-state index contributed by atoms with van der Waals surface area (Å²) in [5.74, 6) is -6.01. The van der Waals surface area contributed by atoms with Crippen molar-refractivity contribution >= 4 is 11.8 Å². The summed E-state index contributed by atoms with van der Waals surface area (Å²) >= 11 is 0. The Bertz CT molecular complexity index is 1430. The summed E-state index contributed by atoms with van der Waals surface area (Å²) in [4.78, 5) is 46.4. The molecule has 4 aliphatic rings. The van der Waals surface area contributed by atoms with Crippen LogP contribution in [0.1, 0.15) is 65.1 Å². The van der Waals surface area contributed by atoms with Crippen LogP contribution in [0.5, 0.6) is 5.75 Å². The maximum atomic E-state index is 14.6. The molecule has 1 aromatic carbocycles. The Morgan fingerprint density at radius 2 is 1.92 bits per heavy atom. The largest absolute Gasteiger partial charge is 0.503 e. The summed E-state index contributed by atoms with van der Waals surface area (Å²) < 4.78 is 50.3. The maximum Gasteiger partial charge on any atom is 0.274 e. The Labute approximate surface area is 220 Å². The Balaban J connectivity index is 1.50. The molecule has 0 saturated carbocycles. The summed E-state index contributed by atoms with van der Waals surface area (Å²) in [7, 11) is 0. The highest BCUT2D eigenvalue weighted by Crippen LogP contribution is 2.54. The number of carbonyl (C=O) groups excluding carboxylic acids is 2. The minimum atomic E-state index is -1.10. The third-order valence-corrected chi connectivity index (χ3v) is 8.60. The van der Waals surface area contributed by atoms with Crippen molar-refractivity contribution in [2.24, 2.45) is 11.7 Å². The summed E-state index contributed by atoms with van der Waals surface area (Å²) in [6, 6.07) is 0.206. The van der Waals surface area contributed by atoms with Gasteiger partial charge in [0.2, 0.25) is 5.43 Å². The summed E-state index contributed by atoms with van der Waals surface area (Å²) in [6.07, 6.45) is 2.66. The Hall–Kier alpha value is -3.42. The molecule has 3 fully saturated rings. The van der Waals surface area contributed by atoms with Gasteiger partial charge in [-0.05, 0) is 32.6 Å². The first-order valence-electron chi connectivity index (χ1n) is 12.8. The summed E-state index contributed by atoms with van der Waals surface area (Å²) in [5, 5.41) is 12.2. The zero-order chi connectivity index (χ0) is 27.8. The monoisotopic (exact) mass is 548 g/mol. The van der Waals surface area contributed by atoms with Crippen molar-refractivity contribution in [1.29, 1.82) is 0 Å². The van der Waals surface area contributed by atoms with Gasteiger partial charge >= 0.3 is 0 Å². The van der Waals surface area contributed by atoms with E-state index in [2.05, 4.69) is 0 Å². The van der Waals surface area contributed by atoms with E-state index in [0.29, 0.717) is 44.4 Å². The number of amides is 2. The van der Waals surface area contributed by atoms with Crippen molar-refractivity contribution in [3.63, 3.8) is 0 Å². The predicted octanol–water partition coefficient (Wildman–Crippen LogP) is 2.19. The van der Waals surface area contributed by atoms with Crippen molar-refractivity contribution < 1.29 is 37.4 Å². The van der Waals surface area contributed by atoms with E-state index in [9.17, 15) is 32.7 Å². The van der Waals surface area contributed by atoms with Gasteiger partial charge in [0.25, 0.3) is 11.8 Å². The molecule has 1 unspecified atom stereocenters. The first-order valence-corrected chi connectivity index (χ1v) is 12.8. The van der Waals surface area contributed by atoms with Gasteiger partial charge in [-0.1, -0.05) is 0 Å². The molecule has 2 amide bonds. The number of hydrogen-bond acceptors (Lipinski definition) is 7. The van der Waals surface area contributed by atoms with E-state index in [0.717, 1.165) is 0 Å². The van der Waals surface area contributed by atoms with Crippen molar-refractivity contribution in [2.75, 3.05) is 13.2 Å². The van der Waals surface area contributed by atoms with Crippen LogP contribution in [0.2, 0.25) is 0 Å². The molecule has 2 aromatic rings. The van der Waals surface area contributed by atoms with Crippen LogP contribution in [0, 0.1) is 23.4 Å². The number of halogens is 3. The second-order valence-electron chi connectivity index (χ2n) is 10.7. The third-order valence-electron chi connectivity index (χ3n) is 8.60. The smallest absolute Gasteiger partial charge is 0.274 e. The number of pyridine rings is 1. The average molecular weight is 549 g/mol. The van der Waals surface area contributed by atoms with Gasteiger partial charge in [-0.15, -0.1) is 0 Å². The minimum Gasteiger partial charge on any atom is -0.503 e. The number of aromatic hydroxyl groups is 1. The molecule has 3 N–H and O–H groups in total. The minimum absolute atomic E-state index is 0.129. The number of aromatic nitrogens is 1. The molecule has 5 atom stereocenters. The lowest BCUT2D eigenvalue weighted by Crippen LogP contribution is -2.55. The standard InChI is InChI=1S/C26H27F3N4O6/c1-12-4-5-26(19-11-31(12)24(37)20-22(35)21(34)15(23(30)36)9-32(19)20)16-3-2-6-38-25(16)33(39-26)10-14-17(28)7-13(27)8-18(14)29/h7-9,12,16,19,25,35H,2-6,10-11H2,1H3,(H2,30,36)/t12-,16-,19+,25?,26-/m0/s1. The molecule has 1 aromatic heterocycles. The molecule has 3 saturated heterocycles. The van der Waals surface area contributed by atoms with Crippen LogP contribution in [0.15, 0.2) is 23.1 Å². The van der Waals surface area contributed by atoms with Crippen LogP contribution in [0.25, 0.3) is 0 Å². The van der Waals surface area contributed by atoms with E-state index in [1.165, 1.54) is 15.8 Å². The normalized spacial score (nSPS) is 30.3. The van der Waals surface area contributed by atoms with Gasteiger partial charge in [-0.2, -0.15) is 5.06 Å². The zero-order valence-electron chi connectivity index (χ0n) is 21.0. The highest BCUT2D eigenvalue weighted by Gasteiger charge is 2.63. The van der Waals surface area contributed by atoms with Crippen LogP contribution in [0.3, 0.4) is 0 Å². The fourth-order valence-corrected chi connectivity index (χ4v) is 6.69. The van der Waals surface area contributed by atoms with Crippen molar-refractivity contribution in [3.8, 4) is 5.75 Å². The van der Waals surface area contributed by atoms with E-state index >= 15 is 0 Å². The van der Waals surface area contributed by atoms with E-state index in [-0.39, 0.29) is 36.3 Å². The molecule has 208 valence electrons. The van der Waals surface area contributed by atoms with Gasteiger partial charge in [-0.3, -0.25) is 19.2 Å². The lowest BCUT2D eigenvalue weighted by Gasteiger charge is -2.45. The molecule has 0 aliphatic carbocycles. The number of nitrogens with zero attached hydrogens (tertiary/aromatic N) is 3. The number of hydroxylamine groups is 2. The average Bonchev–Trinajstić information content (AvgIpc) is 3.13. The Morgan fingerprint density at radius 1 is 1.21 bits per heavy atom. The van der Waals surface area contributed by atoms with Gasteiger partial charge in [0.15, 0.2) is 11.4 Å². The van der Waals surface area contributed by atoms with Crippen LogP contribution in [0.4, 0.5) is 13.2 Å². The second-order valence-corrected chi connectivity index (χ2v) is 10.7. The van der Waals surface area contributed by atoms with Crippen molar-refractivity contribution in [2.45, 2.75) is 63.1 Å². The maximum absolute atomic E-state index is 14.6. The Morgan fingerprint density at radius 3 is 2.62 bits per heavy atom. The summed E-state index contributed by atoms with van der Waals surface area (Å²) in [5.41, 5.74) is 2.12. The highest BCUT2D eigenvalue weighted by molar-refractivity contribution is 5.99. The SMILES string of the molecule is C[C@H]1CC[C@@]2(ON(Cc3c(F)cc(F)cc3F)C3OCCC[C@@H]32)[C@H]2CN1C(=O)c1c(O)c(=O)c(C(N)=O)cn12. The molecule has 6 rings (SSSR count). The lowest BCUT2D eigenvalue weighted by molar-refractivity contribution is -0.256. The number of fused-ring (bicyclic) bond motifs is 7. The molecule has 4 aliphatic heterocycles. The fourth-order valence-electron chi connectivity index (χ4n) is 6.69. The second kappa shape index (κ2) is 9.07. The number of rotatable bonds is 3. The molecular formula is C26H27F3N4O6. The zero-order valence-corrected chi connectivity index (χ0v) is 21.0. The van der Waals surface area contributed by atoms with Gasteiger partial charge < -0.3 is 25.0 Å². The van der Waals surface area contributed by atoms with Gasteiger partial charge in [-0.25, -0.2) is 13.2 Å². The van der Waals surface area contributed by atoms with Gasteiger partial charge in [0, 0.05) is 49.0 Å². The van der Waals surface area contributed by atoms with Gasteiger partial charge in [0.1, 0.15) is 34.8 Å². The molecule has 1 spiro atoms. The number of ether oxygens (including phenoxy) is 1. The van der Waals surface area contributed by atoms with Crippen LogP contribution >= 0.6 is 0 Å². The van der Waals surface area contributed by atoms with E-state index < -0.39 is 63.9 Å². The first kappa shape index (κ1) is 25.8. The molecule has 39 heavy (non-hydrogen) atoms.